The number of rotatable bonds is 2. The minimum Gasteiger partial charge on any atom is -0.281 e. The normalized spacial score (nSPS) is 9.27. The van der Waals surface area contributed by atoms with E-state index in [1.54, 1.807) is 24.3 Å². The number of amides is 1. The van der Waals surface area contributed by atoms with Gasteiger partial charge in [-0.15, -0.1) is 0 Å². The molecular weight excluding hydrogens is 142 g/mol. The Kier molecular flexibility index (Phi) is 2.23. The van der Waals surface area contributed by atoms with E-state index in [0.29, 0.717) is 10.8 Å². The Bertz CT molecular complexity index is 260. The molecule has 0 atom stereocenters. The van der Waals surface area contributed by atoms with Crippen LogP contribution in [0.3, 0.4) is 0 Å². The predicted octanol–water partition coefficient (Wildman–Crippen LogP) is 1.13. The minimum absolute atomic E-state index is 0.368. The van der Waals surface area contributed by atoms with Crippen LogP contribution in [0.4, 0.5) is 5.69 Å². The maximum absolute atomic E-state index is 9.95. The lowest BCUT2D eigenvalue weighted by atomic mass is 10.2. The molecule has 56 valence electrons. The lowest BCUT2D eigenvalue weighted by molar-refractivity contribution is 0.303. The Hall–Kier alpha value is -1.35. The van der Waals surface area contributed by atoms with Gasteiger partial charge < -0.3 is 0 Å². The molecule has 1 rings (SSSR count). The molecular formula is C8H7NO2. The zero-order chi connectivity index (χ0) is 8.27. The van der Waals surface area contributed by atoms with Crippen LogP contribution in [0.15, 0.2) is 24.3 Å². The summed E-state index contributed by atoms with van der Waals surface area (Å²) in [6, 6.07) is 6.62. The minimum atomic E-state index is 0.368. The summed E-state index contributed by atoms with van der Waals surface area (Å²) >= 11 is 0. The summed E-state index contributed by atoms with van der Waals surface area (Å²) in [7, 11) is 0. The maximum atomic E-state index is 9.95. The van der Waals surface area contributed by atoms with Crippen LogP contribution in [0.25, 0.3) is 0 Å². The van der Waals surface area contributed by atoms with E-state index in [1.807, 2.05) is 0 Å². The van der Waals surface area contributed by atoms with Crippen molar-refractivity contribution in [3.63, 3.8) is 0 Å². The van der Waals surface area contributed by atoms with E-state index in [-0.39, 0.29) is 0 Å². The fourth-order valence-electron chi connectivity index (χ4n) is 0.741. The Morgan fingerprint density at radius 1 is 1.55 bits per heavy atom. The van der Waals surface area contributed by atoms with Crippen molar-refractivity contribution < 1.29 is 10.0 Å². The van der Waals surface area contributed by atoms with Crippen LogP contribution in [0, 0.1) is 6.92 Å². The molecule has 11 heavy (non-hydrogen) atoms. The van der Waals surface area contributed by atoms with E-state index in [4.69, 9.17) is 5.21 Å². The average molecular weight is 149 g/mol. The van der Waals surface area contributed by atoms with Crippen molar-refractivity contribution in [2.24, 2.45) is 0 Å². The van der Waals surface area contributed by atoms with Gasteiger partial charge in [0.05, 0.1) is 5.69 Å². The van der Waals surface area contributed by atoms with Gasteiger partial charge in [0.2, 0.25) is 0 Å². The largest absolute Gasteiger partial charge is 0.342 e. The third-order valence-electron chi connectivity index (χ3n) is 1.24. The van der Waals surface area contributed by atoms with Gasteiger partial charge in [-0.3, -0.25) is 10.0 Å². The van der Waals surface area contributed by atoms with Crippen LogP contribution in [0.1, 0.15) is 5.56 Å². The van der Waals surface area contributed by atoms with Crippen LogP contribution in [-0.4, -0.2) is 11.6 Å². The SMILES string of the molecule is [CH2]c1cccc(N(O)[C]=O)c1. The fraction of sp³-hybridized carbons (Fsp3) is 0. The van der Waals surface area contributed by atoms with Crippen molar-refractivity contribution in [3.05, 3.63) is 36.8 Å². The first-order valence-electron chi connectivity index (χ1n) is 3.03. The van der Waals surface area contributed by atoms with E-state index in [9.17, 15) is 4.79 Å². The molecule has 3 nitrogen and oxygen atoms in total. The van der Waals surface area contributed by atoms with E-state index in [1.165, 1.54) is 6.41 Å². The van der Waals surface area contributed by atoms with E-state index in [0.717, 1.165) is 5.56 Å². The van der Waals surface area contributed by atoms with Crippen molar-refractivity contribution >= 4 is 12.1 Å². The maximum Gasteiger partial charge on any atom is 0.342 e. The summed E-state index contributed by atoms with van der Waals surface area (Å²) in [6.45, 7) is 3.63. The summed E-state index contributed by atoms with van der Waals surface area (Å²) in [5.41, 5.74) is 1.10. The van der Waals surface area contributed by atoms with Gasteiger partial charge in [0.15, 0.2) is 0 Å². The molecule has 1 N–H and O–H groups in total. The Morgan fingerprint density at radius 2 is 2.27 bits per heavy atom. The summed E-state index contributed by atoms with van der Waals surface area (Å²) < 4.78 is 0. The zero-order valence-corrected chi connectivity index (χ0v) is 5.82. The Morgan fingerprint density at radius 3 is 2.82 bits per heavy atom. The molecule has 0 unspecified atom stereocenters. The van der Waals surface area contributed by atoms with Gasteiger partial charge in [0.1, 0.15) is 0 Å². The highest BCUT2D eigenvalue weighted by molar-refractivity contribution is 5.72. The second-order valence-electron chi connectivity index (χ2n) is 2.07. The summed E-state index contributed by atoms with van der Waals surface area (Å²) in [5, 5.41) is 9.22. The van der Waals surface area contributed by atoms with Gasteiger partial charge >= 0.3 is 6.41 Å². The van der Waals surface area contributed by atoms with Gasteiger partial charge in [-0.2, -0.15) is 5.06 Å². The highest BCUT2D eigenvalue weighted by atomic mass is 16.5. The molecule has 1 aromatic carbocycles. The molecule has 0 aromatic heterocycles. The van der Waals surface area contributed by atoms with Crippen LogP contribution < -0.4 is 5.06 Å². The fourth-order valence-corrected chi connectivity index (χ4v) is 0.741. The first-order valence-corrected chi connectivity index (χ1v) is 3.03. The first kappa shape index (κ1) is 7.75. The van der Waals surface area contributed by atoms with Gasteiger partial charge in [0, 0.05) is 0 Å². The molecule has 0 bridgehead atoms. The number of nitrogens with zero attached hydrogens (tertiary/aromatic N) is 1. The smallest absolute Gasteiger partial charge is 0.281 e. The van der Waals surface area contributed by atoms with Crippen molar-refractivity contribution in [2.75, 3.05) is 5.06 Å². The highest BCUT2D eigenvalue weighted by Gasteiger charge is 1.99. The predicted molar refractivity (Wildman–Crippen MR) is 40.9 cm³/mol. The van der Waals surface area contributed by atoms with Crippen molar-refractivity contribution in [2.45, 2.75) is 0 Å². The third kappa shape index (κ3) is 1.78. The molecule has 0 heterocycles. The van der Waals surface area contributed by atoms with Gasteiger partial charge in [-0.25, -0.2) is 0 Å². The number of benzene rings is 1. The highest BCUT2D eigenvalue weighted by Crippen LogP contribution is 2.11. The first-order chi connectivity index (χ1) is 5.24. The molecule has 3 heteroatoms. The molecule has 0 spiro atoms. The van der Waals surface area contributed by atoms with Crippen LogP contribution in [0.5, 0.6) is 0 Å². The molecule has 2 radical (unpaired) electrons. The molecule has 0 aliphatic rings. The van der Waals surface area contributed by atoms with Crippen LogP contribution >= 0.6 is 0 Å². The zero-order valence-electron chi connectivity index (χ0n) is 5.82. The second-order valence-corrected chi connectivity index (χ2v) is 2.07. The van der Waals surface area contributed by atoms with Gasteiger partial charge in [0.25, 0.3) is 0 Å². The molecule has 1 amide bonds. The number of hydroxylamine groups is 1. The Balaban J connectivity index is 2.95. The van der Waals surface area contributed by atoms with Crippen molar-refractivity contribution in [1.29, 1.82) is 0 Å². The summed E-state index contributed by atoms with van der Waals surface area (Å²) in [4.78, 5) is 9.95. The monoisotopic (exact) mass is 149 g/mol. The summed E-state index contributed by atoms with van der Waals surface area (Å²) in [6.07, 6.45) is 1.32. The molecule has 0 saturated heterocycles. The third-order valence-corrected chi connectivity index (χ3v) is 1.24. The number of carbonyl (C=O) groups excluding carboxylic acids is 1. The standard InChI is InChI=1S/C8H7NO2/c1-7-3-2-4-8(5-7)9(11)6-10/h2-5,11H,1H2. The van der Waals surface area contributed by atoms with Crippen molar-refractivity contribution in [3.8, 4) is 0 Å². The number of hydrogen-bond acceptors (Lipinski definition) is 2. The van der Waals surface area contributed by atoms with E-state index < -0.39 is 0 Å². The lowest BCUT2D eigenvalue weighted by Gasteiger charge is -2.06. The second kappa shape index (κ2) is 3.16. The van der Waals surface area contributed by atoms with Crippen LogP contribution in [0.2, 0.25) is 0 Å². The van der Waals surface area contributed by atoms with Gasteiger partial charge in [-0.1, -0.05) is 12.1 Å². The molecule has 0 saturated carbocycles. The lowest BCUT2D eigenvalue weighted by Crippen LogP contribution is -2.14. The van der Waals surface area contributed by atoms with E-state index >= 15 is 0 Å². The molecule has 1 aromatic rings. The van der Waals surface area contributed by atoms with E-state index in [2.05, 4.69) is 6.92 Å². The summed E-state index contributed by atoms with van der Waals surface area (Å²) in [5.74, 6) is 0. The number of anilines is 1. The van der Waals surface area contributed by atoms with Crippen LogP contribution in [-0.2, 0) is 4.79 Å². The number of hydrogen-bond donors (Lipinski definition) is 1. The topological polar surface area (TPSA) is 40.5 Å². The molecule has 0 fully saturated rings. The van der Waals surface area contributed by atoms with Crippen molar-refractivity contribution in [1.82, 2.24) is 0 Å². The quantitative estimate of drug-likeness (QED) is 0.389. The molecule has 0 aliphatic heterocycles. The van der Waals surface area contributed by atoms with Gasteiger partial charge in [-0.05, 0) is 24.6 Å². The molecule has 0 aliphatic carbocycles. The Labute approximate surface area is 64.8 Å². The average Bonchev–Trinajstić information content (AvgIpc) is 2.03.